The second-order valence-electron chi connectivity index (χ2n) is 3.85. The van der Waals surface area contributed by atoms with Gasteiger partial charge < -0.3 is 10.4 Å². The fraction of sp³-hybridized carbons (Fsp3) is 0.417. The SMILES string of the molecule is Cc1ccc(C(=O)NC(C)CCO)cc1Cl. The topological polar surface area (TPSA) is 49.3 Å². The van der Waals surface area contributed by atoms with Crippen molar-refractivity contribution in [3.05, 3.63) is 34.3 Å². The monoisotopic (exact) mass is 241 g/mol. The van der Waals surface area contributed by atoms with Crippen molar-refractivity contribution in [3.63, 3.8) is 0 Å². The van der Waals surface area contributed by atoms with Gasteiger partial charge in [0.2, 0.25) is 0 Å². The molecule has 0 aliphatic rings. The Morgan fingerprint density at radius 3 is 2.81 bits per heavy atom. The standard InChI is InChI=1S/C12H16ClNO2/c1-8-3-4-10(7-11(8)13)12(16)14-9(2)5-6-15/h3-4,7,9,15H,5-6H2,1-2H3,(H,14,16). The molecule has 0 spiro atoms. The lowest BCUT2D eigenvalue weighted by molar-refractivity contribution is 0.0934. The molecule has 16 heavy (non-hydrogen) atoms. The molecule has 2 N–H and O–H groups in total. The highest BCUT2D eigenvalue weighted by molar-refractivity contribution is 6.31. The second kappa shape index (κ2) is 5.87. The number of rotatable bonds is 4. The molecule has 0 radical (unpaired) electrons. The summed E-state index contributed by atoms with van der Waals surface area (Å²) in [7, 11) is 0. The van der Waals surface area contributed by atoms with Gasteiger partial charge in [-0.3, -0.25) is 4.79 Å². The minimum atomic E-state index is -0.164. The summed E-state index contributed by atoms with van der Waals surface area (Å²) in [5.41, 5.74) is 1.49. The van der Waals surface area contributed by atoms with Crippen molar-refractivity contribution >= 4 is 17.5 Å². The molecule has 0 fully saturated rings. The normalized spacial score (nSPS) is 12.2. The first-order chi connectivity index (χ1) is 7.54. The van der Waals surface area contributed by atoms with E-state index < -0.39 is 0 Å². The van der Waals surface area contributed by atoms with Crippen LogP contribution in [0.2, 0.25) is 5.02 Å². The summed E-state index contributed by atoms with van der Waals surface area (Å²) in [5.74, 6) is -0.164. The fourth-order valence-electron chi connectivity index (χ4n) is 1.31. The molecule has 0 heterocycles. The minimum Gasteiger partial charge on any atom is -0.396 e. The molecular weight excluding hydrogens is 226 g/mol. The predicted octanol–water partition coefficient (Wildman–Crippen LogP) is 2.15. The second-order valence-corrected chi connectivity index (χ2v) is 4.26. The van der Waals surface area contributed by atoms with E-state index in [4.69, 9.17) is 16.7 Å². The maximum Gasteiger partial charge on any atom is 0.251 e. The van der Waals surface area contributed by atoms with Crippen molar-refractivity contribution in [1.29, 1.82) is 0 Å². The Balaban J connectivity index is 2.69. The van der Waals surface area contributed by atoms with E-state index in [1.54, 1.807) is 12.1 Å². The third kappa shape index (κ3) is 3.51. The van der Waals surface area contributed by atoms with E-state index in [0.29, 0.717) is 17.0 Å². The molecule has 0 aliphatic carbocycles. The number of benzene rings is 1. The zero-order valence-electron chi connectivity index (χ0n) is 9.46. The molecule has 0 saturated heterocycles. The Bertz CT molecular complexity index is 379. The average molecular weight is 242 g/mol. The number of aliphatic hydroxyl groups is 1. The van der Waals surface area contributed by atoms with Crippen molar-refractivity contribution in [2.24, 2.45) is 0 Å². The van der Waals surface area contributed by atoms with Crippen LogP contribution in [0.3, 0.4) is 0 Å². The highest BCUT2D eigenvalue weighted by Gasteiger charge is 2.10. The highest BCUT2D eigenvalue weighted by atomic mass is 35.5. The maximum atomic E-state index is 11.7. The molecule has 4 heteroatoms. The molecule has 1 aromatic rings. The van der Waals surface area contributed by atoms with Crippen LogP contribution in [-0.2, 0) is 0 Å². The Hall–Kier alpha value is -1.06. The summed E-state index contributed by atoms with van der Waals surface area (Å²) in [6.45, 7) is 3.80. The van der Waals surface area contributed by atoms with E-state index in [1.807, 2.05) is 19.9 Å². The number of nitrogens with one attached hydrogen (secondary N) is 1. The number of carbonyl (C=O) groups excluding carboxylic acids is 1. The largest absolute Gasteiger partial charge is 0.396 e. The van der Waals surface area contributed by atoms with E-state index in [2.05, 4.69) is 5.32 Å². The van der Waals surface area contributed by atoms with E-state index in [-0.39, 0.29) is 18.6 Å². The van der Waals surface area contributed by atoms with E-state index in [9.17, 15) is 4.79 Å². The first-order valence-corrected chi connectivity index (χ1v) is 5.60. The van der Waals surface area contributed by atoms with Crippen LogP contribution in [-0.4, -0.2) is 23.7 Å². The van der Waals surface area contributed by atoms with Gasteiger partial charge in [-0.05, 0) is 38.0 Å². The molecule has 88 valence electrons. The van der Waals surface area contributed by atoms with Gasteiger partial charge in [-0.2, -0.15) is 0 Å². The van der Waals surface area contributed by atoms with Crippen LogP contribution in [0.4, 0.5) is 0 Å². The van der Waals surface area contributed by atoms with Crippen LogP contribution in [0.5, 0.6) is 0 Å². The van der Waals surface area contributed by atoms with Crippen LogP contribution < -0.4 is 5.32 Å². The third-order valence-electron chi connectivity index (χ3n) is 2.37. The van der Waals surface area contributed by atoms with Gasteiger partial charge in [0, 0.05) is 23.2 Å². The number of halogens is 1. The van der Waals surface area contributed by atoms with Gasteiger partial charge in [0.15, 0.2) is 0 Å². The highest BCUT2D eigenvalue weighted by Crippen LogP contribution is 2.16. The van der Waals surface area contributed by atoms with E-state index in [0.717, 1.165) is 5.56 Å². The predicted molar refractivity (Wildman–Crippen MR) is 64.8 cm³/mol. The lowest BCUT2D eigenvalue weighted by Crippen LogP contribution is -2.33. The Kier molecular flexibility index (Phi) is 4.77. The lowest BCUT2D eigenvalue weighted by atomic mass is 10.1. The molecule has 1 unspecified atom stereocenters. The van der Waals surface area contributed by atoms with Gasteiger partial charge in [-0.1, -0.05) is 17.7 Å². The van der Waals surface area contributed by atoms with Crippen LogP contribution in [0, 0.1) is 6.92 Å². The Morgan fingerprint density at radius 1 is 1.56 bits per heavy atom. The Labute approximate surface area is 100 Å². The van der Waals surface area contributed by atoms with Crippen LogP contribution in [0.1, 0.15) is 29.3 Å². The van der Waals surface area contributed by atoms with Crippen molar-refractivity contribution < 1.29 is 9.90 Å². The maximum absolute atomic E-state index is 11.7. The number of hydrogen-bond acceptors (Lipinski definition) is 2. The first-order valence-electron chi connectivity index (χ1n) is 5.22. The molecule has 1 aromatic carbocycles. The van der Waals surface area contributed by atoms with Crippen molar-refractivity contribution in [1.82, 2.24) is 5.32 Å². The summed E-state index contributed by atoms with van der Waals surface area (Å²) in [4.78, 5) is 11.7. The average Bonchev–Trinajstić information content (AvgIpc) is 2.22. The molecule has 3 nitrogen and oxygen atoms in total. The van der Waals surface area contributed by atoms with Gasteiger partial charge >= 0.3 is 0 Å². The number of aliphatic hydroxyl groups excluding tert-OH is 1. The van der Waals surface area contributed by atoms with Crippen LogP contribution >= 0.6 is 11.6 Å². The smallest absolute Gasteiger partial charge is 0.251 e. The number of aryl methyl sites for hydroxylation is 1. The molecule has 1 amide bonds. The summed E-state index contributed by atoms with van der Waals surface area (Å²) < 4.78 is 0. The zero-order valence-corrected chi connectivity index (χ0v) is 10.2. The molecular formula is C12H16ClNO2. The van der Waals surface area contributed by atoms with E-state index in [1.165, 1.54) is 0 Å². The number of hydrogen-bond donors (Lipinski definition) is 2. The molecule has 1 rings (SSSR count). The van der Waals surface area contributed by atoms with Gasteiger partial charge in [-0.15, -0.1) is 0 Å². The quantitative estimate of drug-likeness (QED) is 0.849. The third-order valence-corrected chi connectivity index (χ3v) is 2.78. The van der Waals surface area contributed by atoms with Crippen molar-refractivity contribution in [2.75, 3.05) is 6.61 Å². The molecule has 0 bridgehead atoms. The van der Waals surface area contributed by atoms with Gasteiger partial charge in [0.25, 0.3) is 5.91 Å². The number of carbonyl (C=O) groups is 1. The van der Waals surface area contributed by atoms with Gasteiger partial charge in [0.1, 0.15) is 0 Å². The number of amides is 1. The Morgan fingerprint density at radius 2 is 2.25 bits per heavy atom. The van der Waals surface area contributed by atoms with Gasteiger partial charge in [0.05, 0.1) is 0 Å². The minimum absolute atomic E-state index is 0.0439. The zero-order chi connectivity index (χ0) is 12.1. The molecule has 0 saturated carbocycles. The summed E-state index contributed by atoms with van der Waals surface area (Å²) in [6, 6.07) is 5.16. The molecule has 0 aromatic heterocycles. The summed E-state index contributed by atoms with van der Waals surface area (Å²) in [6.07, 6.45) is 0.547. The fourth-order valence-corrected chi connectivity index (χ4v) is 1.49. The first kappa shape index (κ1) is 13.0. The summed E-state index contributed by atoms with van der Waals surface area (Å²) in [5, 5.41) is 12.1. The van der Waals surface area contributed by atoms with Crippen LogP contribution in [0.15, 0.2) is 18.2 Å². The lowest BCUT2D eigenvalue weighted by Gasteiger charge is -2.12. The summed E-state index contributed by atoms with van der Waals surface area (Å²) >= 11 is 5.94. The van der Waals surface area contributed by atoms with Crippen molar-refractivity contribution in [3.8, 4) is 0 Å². The molecule has 0 aliphatic heterocycles. The van der Waals surface area contributed by atoms with Gasteiger partial charge in [-0.25, -0.2) is 0 Å². The molecule has 1 atom stereocenters. The van der Waals surface area contributed by atoms with E-state index >= 15 is 0 Å². The van der Waals surface area contributed by atoms with Crippen LogP contribution in [0.25, 0.3) is 0 Å². The van der Waals surface area contributed by atoms with Crippen molar-refractivity contribution in [2.45, 2.75) is 26.3 Å².